The molecule has 2 rings (SSSR count). The normalized spacial score (nSPS) is 20.0. The summed E-state index contributed by atoms with van der Waals surface area (Å²) >= 11 is 0. The van der Waals surface area contributed by atoms with Gasteiger partial charge in [0.05, 0.1) is 11.5 Å². The summed E-state index contributed by atoms with van der Waals surface area (Å²) in [6.07, 6.45) is 0.566. The second-order valence-electron chi connectivity index (χ2n) is 7.24. The van der Waals surface area contributed by atoms with Gasteiger partial charge in [-0.3, -0.25) is 4.79 Å². The molecular weight excluding hydrogens is 328 g/mol. The summed E-state index contributed by atoms with van der Waals surface area (Å²) in [7, 11) is -3.00. The Hall–Kier alpha value is -1.70. The van der Waals surface area contributed by atoms with E-state index in [9.17, 15) is 13.2 Å². The highest BCUT2D eigenvalue weighted by Gasteiger charge is 2.33. The molecule has 1 fully saturated rings. The van der Waals surface area contributed by atoms with Crippen molar-refractivity contribution in [2.75, 3.05) is 23.0 Å². The Morgan fingerprint density at radius 1 is 1.38 bits per heavy atom. The van der Waals surface area contributed by atoms with Crippen molar-refractivity contribution in [3.05, 3.63) is 17.5 Å². The first kappa shape index (κ1) is 18.6. The Bertz CT molecular complexity index is 725. The maximum Gasteiger partial charge on any atom is 0.270 e. The minimum absolute atomic E-state index is 0.113. The number of amides is 1. The van der Waals surface area contributed by atoms with Crippen LogP contribution in [0.3, 0.4) is 0 Å². The van der Waals surface area contributed by atoms with Crippen LogP contribution in [0.4, 0.5) is 5.95 Å². The van der Waals surface area contributed by atoms with Crippen LogP contribution in [0.15, 0.2) is 6.07 Å². The molecule has 1 saturated heterocycles. The molecule has 8 heteroatoms. The molecule has 7 nitrogen and oxygen atoms in total. The first-order valence-corrected chi connectivity index (χ1v) is 9.98. The number of aryl methyl sites for hydroxylation is 1. The fourth-order valence-corrected chi connectivity index (χ4v) is 4.52. The van der Waals surface area contributed by atoms with Crippen molar-refractivity contribution >= 4 is 21.7 Å². The van der Waals surface area contributed by atoms with Crippen LogP contribution in [0, 0.1) is 6.92 Å². The van der Waals surface area contributed by atoms with Gasteiger partial charge in [0, 0.05) is 23.8 Å². The molecule has 0 bridgehead atoms. The first-order chi connectivity index (χ1) is 11.0. The van der Waals surface area contributed by atoms with Crippen LogP contribution >= 0.6 is 0 Å². The topological polar surface area (TPSA) is 92.3 Å². The first-order valence-electron chi connectivity index (χ1n) is 8.16. The van der Waals surface area contributed by atoms with E-state index in [1.807, 2.05) is 32.6 Å². The van der Waals surface area contributed by atoms with Gasteiger partial charge in [0.15, 0.2) is 9.84 Å². The van der Waals surface area contributed by atoms with E-state index in [2.05, 4.69) is 15.3 Å². The second-order valence-corrected chi connectivity index (χ2v) is 9.47. The van der Waals surface area contributed by atoms with Gasteiger partial charge in [-0.05, 0) is 47.1 Å². The highest BCUT2D eigenvalue weighted by molar-refractivity contribution is 7.91. The van der Waals surface area contributed by atoms with Crippen molar-refractivity contribution in [1.82, 2.24) is 15.3 Å². The number of hydrogen-bond acceptors (Lipinski definition) is 6. The summed E-state index contributed by atoms with van der Waals surface area (Å²) in [5, 5.41) is 2.89. The van der Waals surface area contributed by atoms with E-state index >= 15 is 0 Å². The number of sulfone groups is 1. The molecule has 0 aromatic carbocycles. The number of rotatable bonds is 4. The van der Waals surface area contributed by atoms with E-state index in [0.29, 0.717) is 30.3 Å². The van der Waals surface area contributed by atoms with Crippen LogP contribution < -0.4 is 10.2 Å². The summed E-state index contributed by atoms with van der Waals surface area (Å²) in [5.74, 6) is 0.460. The average Bonchev–Trinajstić information content (AvgIpc) is 2.77. The molecule has 1 aromatic rings. The predicted octanol–water partition coefficient (Wildman–Crippen LogP) is 1.33. The Morgan fingerprint density at radius 2 is 2.04 bits per heavy atom. The Morgan fingerprint density at radius 3 is 2.54 bits per heavy atom. The van der Waals surface area contributed by atoms with Gasteiger partial charge >= 0.3 is 0 Å². The quantitative estimate of drug-likeness (QED) is 0.877. The van der Waals surface area contributed by atoms with Gasteiger partial charge < -0.3 is 10.2 Å². The zero-order valence-corrected chi connectivity index (χ0v) is 15.8. The highest BCUT2D eigenvalue weighted by atomic mass is 32.2. The predicted molar refractivity (Wildman–Crippen MR) is 94.1 cm³/mol. The summed E-state index contributed by atoms with van der Waals surface area (Å²) in [5.41, 5.74) is 0.616. The van der Waals surface area contributed by atoms with E-state index in [1.54, 1.807) is 13.0 Å². The number of anilines is 1. The number of nitrogens with one attached hydrogen (secondary N) is 1. The smallest absolute Gasteiger partial charge is 0.270 e. The Balaban J connectivity index is 2.31. The van der Waals surface area contributed by atoms with Crippen LogP contribution in [0.1, 0.15) is 50.3 Å². The average molecular weight is 354 g/mol. The summed E-state index contributed by atoms with van der Waals surface area (Å²) in [6.45, 7) is 10.0. The number of carbonyl (C=O) groups is 1. The lowest BCUT2D eigenvalue weighted by atomic mass is 10.1. The van der Waals surface area contributed by atoms with Crippen molar-refractivity contribution in [3.63, 3.8) is 0 Å². The summed E-state index contributed by atoms with van der Waals surface area (Å²) < 4.78 is 23.5. The molecule has 1 unspecified atom stereocenters. The largest absolute Gasteiger partial charge is 0.346 e. The minimum atomic E-state index is -3.00. The van der Waals surface area contributed by atoms with Crippen molar-refractivity contribution in [2.24, 2.45) is 0 Å². The van der Waals surface area contributed by atoms with Crippen LogP contribution in [-0.4, -0.2) is 53.9 Å². The van der Waals surface area contributed by atoms with Gasteiger partial charge in [0.1, 0.15) is 5.69 Å². The SMILES string of the molecule is CCN(c1nc(C)cc(C(=O)NC(C)(C)C)n1)C1CCS(=O)(=O)C1. The third-order valence-corrected chi connectivity index (χ3v) is 5.56. The molecule has 0 radical (unpaired) electrons. The zero-order valence-electron chi connectivity index (χ0n) is 15.0. The van der Waals surface area contributed by atoms with Crippen LogP contribution in [0.25, 0.3) is 0 Å². The van der Waals surface area contributed by atoms with Crippen LogP contribution in [0.2, 0.25) is 0 Å². The Kier molecular flexibility index (Phi) is 5.17. The third kappa shape index (κ3) is 4.66. The molecule has 1 aromatic heterocycles. The molecule has 24 heavy (non-hydrogen) atoms. The fraction of sp³-hybridized carbons (Fsp3) is 0.688. The third-order valence-electron chi connectivity index (χ3n) is 3.81. The van der Waals surface area contributed by atoms with Crippen molar-refractivity contribution in [3.8, 4) is 0 Å². The van der Waals surface area contributed by atoms with E-state index in [1.165, 1.54) is 0 Å². The molecule has 0 aliphatic carbocycles. The molecule has 0 spiro atoms. The summed E-state index contributed by atoms with van der Waals surface area (Å²) in [4.78, 5) is 23.1. The fourth-order valence-electron chi connectivity index (χ4n) is 2.79. The standard InChI is InChI=1S/C16H26N4O3S/c1-6-20(12-7-8-24(22,23)10-12)15-17-11(2)9-13(18-15)14(21)19-16(3,4)5/h9,12H,6-8,10H2,1-5H3,(H,19,21). The van der Waals surface area contributed by atoms with E-state index in [4.69, 9.17) is 0 Å². The van der Waals surface area contributed by atoms with Crippen LogP contribution in [-0.2, 0) is 9.84 Å². The zero-order chi connectivity index (χ0) is 18.1. The van der Waals surface area contributed by atoms with E-state index < -0.39 is 9.84 Å². The molecule has 0 saturated carbocycles. The highest BCUT2D eigenvalue weighted by Crippen LogP contribution is 2.22. The van der Waals surface area contributed by atoms with Crippen molar-refractivity contribution in [1.29, 1.82) is 0 Å². The molecule has 1 aliphatic rings. The van der Waals surface area contributed by atoms with Gasteiger partial charge in [-0.25, -0.2) is 18.4 Å². The molecule has 1 amide bonds. The van der Waals surface area contributed by atoms with Gasteiger partial charge in [-0.1, -0.05) is 0 Å². The molecule has 1 N–H and O–H groups in total. The maximum absolute atomic E-state index is 12.4. The van der Waals surface area contributed by atoms with E-state index in [-0.39, 0.29) is 29.0 Å². The number of hydrogen-bond donors (Lipinski definition) is 1. The number of carbonyl (C=O) groups excluding carboxylic acids is 1. The van der Waals surface area contributed by atoms with Gasteiger partial charge in [0.25, 0.3) is 5.91 Å². The second kappa shape index (κ2) is 6.66. The molecular formula is C16H26N4O3S. The van der Waals surface area contributed by atoms with Crippen LogP contribution in [0.5, 0.6) is 0 Å². The lowest BCUT2D eigenvalue weighted by Gasteiger charge is -2.27. The minimum Gasteiger partial charge on any atom is -0.346 e. The number of aromatic nitrogens is 2. The van der Waals surface area contributed by atoms with E-state index in [0.717, 1.165) is 0 Å². The summed E-state index contributed by atoms with van der Waals surface area (Å²) in [6, 6.07) is 1.50. The lowest BCUT2D eigenvalue weighted by Crippen LogP contribution is -2.42. The van der Waals surface area contributed by atoms with Crippen molar-refractivity contribution < 1.29 is 13.2 Å². The van der Waals surface area contributed by atoms with Gasteiger partial charge in [-0.2, -0.15) is 0 Å². The monoisotopic (exact) mass is 354 g/mol. The molecule has 1 atom stereocenters. The Labute approximate surface area is 143 Å². The van der Waals surface area contributed by atoms with Gasteiger partial charge in [0.2, 0.25) is 5.95 Å². The van der Waals surface area contributed by atoms with Gasteiger partial charge in [-0.15, -0.1) is 0 Å². The molecule has 2 heterocycles. The molecule has 1 aliphatic heterocycles. The maximum atomic E-state index is 12.4. The molecule has 134 valence electrons. The number of nitrogens with zero attached hydrogens (tertiary/aromatic N) is 3. The lowest BCUT2D eigenvalue weighted by molar-refractivity contribution is 0.0914. The van der Waals surface area contributed by atoms with Crippen molar-refractivity contribution in [2.45, 2.75) is 52.6 Å².